The summed E-state index contributed by atoms with van der Waals surface area (Å²) >= 11 is 0. The maximum absolute atomic E-state index is 13.0. The van der Waals surface area contributed by atoms with Crippen LogP contribution >= 0.6 is 0 Å². The third-order valence-corrected chi connectivity index (χ3v) is 6.98. The smallest absolute Gasteiger partial charge is 0.338 e. The number of aromatic hydroxyl groups is 2. The van der Waals surface area contributed by atoms with Crippen LogP contribution in [0.4, 0.5) is 5.82 Å². The van der Waals surface area contributed by atoms with Gasteiger partial charge >= 0.3 is 5.97 Å². The van der Waals surface area contributed by atoms with Crippen molar-refractivity contribution in [2.24, 2.45) is 0 Å². The van der Waals surface area contributed by atoms with Gasteiger partial charge in [0.1, 0.15) is 11.9 Å². The molecule has 0 amide bonds. The van der Waals surface area contributed by atoms with Gasteiger partial charge in [0.05, 0.1) is 12.1 Å². The molecular formula is C28H32N4O4. The molecule has 1 atom stereocenters. The van der Waals surface area contributed by atoms with Gasteiger partial charge in [-0.3, -0.25) is 9.47 Å². The first-order chi connectivity index (χ1) is 17.5. The zero-order chi connectivity index (χ0) is 25.1. The summed E-state index contributed by atoms with van der Waals surface area (Å²) in [6.07, 6.45) is 6.37. The highest BCUT2D eigenvalue weighted by Gasteiger charge is 2.28. The van der Waals surface area contributed by atoms with Crippen molar-refractivity contribution in [2.45, 2.75) is 32.4 Å². The number of pyridine rings is 1. The van der Waals surface area contributed by atoms with E-state index >= 15 is 0 Å². The lowest BCUT2D eigenvalue weighted by Crippen LogP contribution is -2.49. The number of hydrogen-bond acceptors (Lipinski definition) is 7. The number of nitrogens with zero attached hydrogens (tertiary/aromatic N) is 4. The minimum atomic E-state index is -0.557. The monoisotopic (exact) mass is 488 g/mol. The molecule has 188 valence electrons. The van der Waals surface area contributed by atoms with E-state index < -0.39 is 12.1 Å². The number of rotatable bonds is 7. The van der Waals surface area contributed by atoms with Gasteiger partial charge in [0, 0.05) is 50.0 Å². The number of carbonyl (C=O) groups excluding carboxylic acids is 1. The third-order valence-electron chi connectivity index (χ3n) is 6.98. The molecule has 1 aliphatic carbocycles. The number of esters is 1. The standard InChI is InChI=1S/C28H32N4O4/c1-20-9-11-21(12-10-20)28(35)36-22(19-32-26(33)23-6-2-3-7-24(23)27(32)34)18-30-14-16-31(17-15-30)25-8-4-5-13-29-25/h2-5,8-13,22,33-34H,6-7,14-19H2,1H3. The highest BCUT2D eigenvalue weighted by atomic mass is 16.5. The van der Waals surface area contributed by atoms with Crippen molar-refractivity contribution in [3.63, 3.8) is 0 Å². The van der Waals surface area contributed by atoms with E-state index in [1.165, 1.54) is 4.57 Å². The summed E-state index contributed by atoms with van der Waals surface area (Å²) in [5.74, 6) is 0.636. The second-order valence-corrected chi connectivity index (χ2v) is 9.46. The average molecular weight is 489 g/mol. The van der Waals surface area contributed by atoms with E-state index in [2.05, 4.69) is 14.8 Å². The summed E-state index contributed by atoms with van der Waals surface area (Å²) in [4.78, 5) is 21.9. The second-order valence-electron chi connectivity index (χ2n) is 9.46. The Kier molecular flexibility index (Phi) is 6.95. The van der Waals surface area contributed by atoms with Gasteiger partial charge in [0.15, 0.2) is 11.8 Å². The number of ether oxygens (including phenoxy) is 1. The molecule has 5 rings (SSSR count). The fraction of sp³-hybridized carbons (Fsp3) is 0.357. The Labute approximate surface area is 211 Å². The third kappa shape index (κ3) is 5.09. The van der Waals surface area contributed by atoms with Crippen LogP contribution in [0.2, 0.25) is 0 Å². The molecule has 1 aromatic carbocycles. The van der Waals surface area contributed by atoms with Crippen molar-refractivity contribution >= 4 is 11.8 Å². The van der Waals surface area contributed by atoms with Crippen LogP contribution in [0, 0.1) is 6.92 Å². The first-order valence-electron chi connectivity index (χ1n) is 12.4. The van der Waals surface area contributed by atoms with Gasteiger partial charge in [-0.25, -0.2) is 9.78 Å². The van der Waals surface area contributed by atoms with Gasteiger partial charge in [-0.15, -0.1) is 0 Å². The Morgan fingerprint density at radius 2 is 1.61 bits per heavy atom. The predicted molar refractivity (Wildman–Crippen MR) is 138 cm³/mol. The maximum atomic E-state index is 13.0. The van der Waals surface area contributed by atoms with E-state index in [4.69, 9.17) is 4.74 Å². The zero-order valence-electron chi connectivity index (χ0n) is 20.5. The second kappa shape index (κ2) is 10.5. The number of anilines is 1. The first-order valence-corrected chi connectivity index (χ1v) is 12.4. The fourth-order valence-corrected chi connectivity index (χ4v) is 4.93. The van der Waals surface area contributed by atoms with Crippen LogP contribution < -0.4 is 4.90 Å². The number of benzene rings is 1. The van der Waals surface area contributed by atoms with E-state index in [0.717, 1.165) is 48.7 Å². The molecule has 3 heterocycles. The largest absolute Gasteiger partial charge is 0.494 e. The molecule has 0 saturated carbocycles. The SMILES string of the molecule is Cc1ccc(C(=O)OC(CN2CCN(c3ccccn3)CC2)Cn2c(O)c3c(c2O)CC=CC3)cc1. The summed E-state index contributed by atoms with van der Waals surface area (Å²) < 4.78 is 7.45. The lowest BCUT2D eigenvalue weighted by molar-refractivity contribution is 0.0137. The quantitative estimate of drug-likeness (QED) is 0.390. The number of carbonyl (C=O) groups is 1. The number of hydrogen-bond donors (Lipinski definition) is 2. The van der Waals surface area contributed by atoms with Crippen LogP contribution in [0.5, 0.6) is 11.8 Å². The van der Waals surface area contributed by atoms with E-state index in [1.54, 1.807) is 18.3 Å². The van der Waals surface area contributed by atoms with Crippen LogP contribution in [0.15, 0.2) is 60.8 Å². The van der Waals surface area contributed by atoms with Crippen molar-refractivity contribution in [1.82, 2.24) is 14.5 Å². The van der Waals surface area contributed by atoms with Gasteiger partial charge in [0.25, 0.3) is 0 Å². The Balaban J connectivity index is 1.32. The highest BCUT2D eigenvalue weighted by molar-refractivity contribution is 5.89. The molecule has 8 nitrogen and oxygen atoms in total. The molecular weight excluding hydrogens is 456 g/mol. The molecule has 0 radical (unpaired) electrons. The number of aryl methyl sites for hydroxylation is 1. The summed E-state index contributed by atoms with van der Waals surface area (Å²) in [5.41, 5.74) is 3.02. The van der Waals surface area contributed by atoms with Gasteiger partial charge < -0.3 is 19.8 Å². The predicted octanol–water partition coefficient (Wildman–Crippen LogP) is 3.31. The van der Waals surface area contributed by atoms with Gasteiger partial charge in [-0.1, -0.05) is 35.9 Å². The van der Waals surface area contributed by atoms with E-state index in [1.807, 2.05) is 49.4 Å². The Morgan fingerprint density at radius 3 is 2.22 bits per heavy atom. The lowest BCUT2D eigenvalue weighted by atomic mass is 10.0. The van der Waals surface area contributed by atoms with Crippen LogP contribution in [0.3, 0.4) is 0 Å². The van der Waals surface area contributed by atoms with Crippen LogP contribution in [-0.2, 0) is 24.1 Å². The number of piperazine rings is 1. The summed E-state index contributed by atoms with van der Waals surface area (Å²) in [6.45, 7) is 5.84. The molecule has 2 aliphatic rings. The number of allylic oxidation sites excluding steroid dienone is 2. The van der Waals surface area contributed by atoms with Crippen LogP contribution in [0.1, 0.15) is 27.0 Å². The van der Waals surface area contributed by atoms with Gasteiger partial charge in [-0.05, 0) is 44.0 Å². The molecule has 1 fully saturated rings. The zero-order valence-corrected chi connectivity index (χ0v) is 20.5. The van der Waals surface area contributed by atoms with Crippen LogP contribution in [0.25, 0.3) is 0 Å². The minimum Gasteiger partial charge on any atom is -0.494 e. The topological polar surface area (TPSA) is 91.1 Å². The molecule has 1 unspecified atom stereocenters. The van der Waals surface area contributed by atoms with Gasteiger partial charge in [-0.2, -0.15) is 0 Å². The van der Waals surface area contributed by atoms with Crippen molar-refractivity contribution in [3.05, 3.63) is 83.1 Å². The summed E-state index contributed by atoms with van der Waals surface area (Å²) in [6, 6.07) is 13.2. The Bertz CT molecular complexity index is 1200. The molecule has 2 N–H and O–H groups in total. The average Bonchev–Trinajstić information content (AvgIpc) is 3.15. The number of fused-ring (bicyclic) bond motifs is 1. The summed E-state index contributed by atoms with van der Waals surface area (Å²) in [5, 5.41) is 21.7. The molecule has 8 heteroatoms. The molecule has 1 aliphatic heterocycles. The lowest BCUT2D eigenvalue weighted by Gasteiger charge is -2.36. The van der Waals surface area contributed by atoms with E-state index in [9.17, 15) is 15.0 Å². The van der Waals surface area contributed by atoms with Gasteiger partial charge in [0.2, 0.25) is 0 Å². The number of aromatic nitrogens is 2. The van der Waals surface area contributed by atoms with Crippen molar-refractivity contribution in [2.75, 3.05) is 37.6 Å². The normalized spacial score (nSPS) is 16.5. The Morgan fingerprint density at radius 1 is 0.944 bits per heavy atom. The van der Waals surface area contributed by atoms with Crippen LogP contribution in [-0.4, -0.2) is 69.5 Å². The Hall–Kier alpha value is -3.78. The molecule has 0 bridgehead atoms. The molecule has 36 heavy (non-hydrogen) atoms. The van der Waals surface area contributed by atoms with Crippen molar-refractivity contribution < 1.29 is 19.7 Å². The fourth-order valence-electron chi connectivity index (χ4n) is 4.93. The maximum Gasteiger partial charge on any atom is 0.338 e. The first kappa shape index (κ1) is 23.9. The molecule has 2 aromatic heterocycles. The highest BCUT2D eigenvalue weighted by Crippen LogP contribution is 2.37. The minimum absolute atomic E-state index is 0.0446. The molecule has 1 saturated heterocycles. The van der Waals surface area contributed by atoms with E-state index in [0.29, 0.717) is 24.9 Å². The van der Waals surface area contributed by atoms with E-state index in [-0.39, 0.29) is 18.3 Å². The molecule has 3 aromatic rings. The summed E-state index contributed by atoms with van der Waals surface area (Å²) in [7, 11) is 0. The molecule has 0 spiro atoms. The van der Waals surface area contributed by atoms with Crippen molar-refractivity contribution in [1.29, 1.82) is 0 Å². The van der Waals surface area contributed by atoms with Crippen molar-refractivity contribution in [3.8, 4) is 11.8 Å².